The van der Waals surface area contributed by atoms with Gasteiger partial charge in [0.05, 0.1) is 0 Å². The van der Waals surface area contributed by atoms with Crippen molar-refractivity contribution >= 4 is 27.2 Å². The van der Waals surface area contributed by atoms with Gasteiger partial charge in [0.1, 0.15) is 10.7 Å². The Morgan fingerprint density at radius 1 is 1.35 bits per heavy atom. The van der Waals surface area contributed by atoms with E-state index in [0.717, 1.165) is 4.88 Å². The van der Waals surface area contributed by atoms with E-state index >= 15 is 0 Å². The summed E-state index contributed by atoms with van der Waals surface area (Å²) in [4.78, 5) is 4.70. The molecule has 0 aliphatic rings. The monoisotopic (exact) mass is 269 g/mol. The Bertz CT molecular complexity index is 594. The highest BCUT2D eigenvalue weighted by Gasteiger charge is 2.17. The summed E-state index contributed by atoms with van der Waals surface area (Å²) < 4.78 is 26.3. The summed E-state index contributed by atoms with van der Waals surface area (Å²) in [5.74, 6) is 0.00572. The second-order valence-corrected chi connectivity index (χ2v) is 6.06. The summed E-state index contributed by atoms with van der Waals surface area (Å²) in [6.45, 7) is 0.258. The lowest BCUT2D eigenvalue weighted by Gasteiger charge is -2.06. The number of pyridine rings is 1. The highest BCUT2D eigenvalue weighted by molar-refractivity contribution is 7.89. The van der Waals surface area contributed by atoms with Gasteiger partial charge in [-0.1, -0.05) is 6.07 Å². The molecule has 0 aromatic carbocycles. The number of hydrogen-bond donors (Lipinski definition) is 2. The van der Waals surface area contributed by atoms with Crippen molar-refractivity contribution < 1.29 is 8.42 Å². The van der Waals surface area contributed by atoms with Gasteiger partial charge in [-0.05, 0) is 23.6 Å². The van der Waals surface area contributed by atoms with Crippen molar-refractivity contribution in [3.05, 3.63) is 40.7 Å². The second kappa shape index (κ2) is 4.82. The number of aromatic nitrogens is 1. The van der Waals surface area contributed by atoms with E-state index in [4.69, 9.17) is 5.73 Å². The van der Waals surface area contributed by atoms with Gasteiger partial charge >= 0.3 is 0 Å². The molecule has 90 valence electrons. The van der Waals surface area contributed by atoms with Gasteiger partial charge in [0.15, 0.2) is 0 Å². The van der Waals surface area contributed by atoms with E-state index in [0.29, 0.717) is 0 Å². The summed E-state index contributed by atoms with van der Waals surface area (Å²) in [6.07, 6.45) is 1.45. The number of anilines is 1. The maximum absolute atomic E-state index is 11.9. The molecule has 0 amide bonds. The first-order valence-corrected chi connectivity index (χ1v) is 7.18. The number of nitrogens with zero attached hydrogens (tertiary/aromatic N) is 1. The van der Waals surface area contributed by atoms with Crippen LogP contribution in [0, 0.1) is 0 Å². The average Bonchev–Trinajstić information content (AvgIpc) is 2.80. The zero-order valence-electron chi connectivity index (χ0n) is 8.83. The molecule has 2 aromatic rings. The molecule has 2 heterocycles. The summed E-state index contributed by atoms with van der Waals surface area (Å²) in [5, 5.41) is 1.89. The van der Waals surface area contributed by atoms with Gasteiger partial charge < -0.3 is 5.73 Å². The summed E-state index contributed by atoms with van der Waals surface area (Å²) in [5.41, 5.74) is 5.53. The number of sulfonamides is 1. The third-order valence-electron chi connectivity index (χ3n) is 2.11. The first-order valence-electron chi connectivity index (χ1n) is 4.82. The quantitative estimate of drug-likeness (QED) is 0.873. The van der Waals surface area contributed by atoms with Crippen LogP contribution in [0.5, 0.6) is 0 Å². The largest absolute Gasteiger partial charge is 0.383 e. The van der Waals surface area contributed by atoms with Crippen molar-refractivity contribution in [1.82, 2.24) is 9.71 Å². The molecule has 0 spiro atoms. The van der Waals surface area contributed by atoms with Crippen LogP contribution in [0.15, 0.2) is 40.7 Å². The van der Waals surface area contributed by atoms with Crippen LogP contribution in [0.3, 0.4) is 0 Å². The Kier molecular flexibility index (Phi) is 3.41. The maximum atomic E-state index is 11.9. The SMILES string of the molecule is Nc1ncccc1S(=O)(=O)NCc1cccs1. The third kappa shape index (κ3) is 2.82. The number of hydrogen-bond acceptors (Lipinski definition) is 5. The summed E-state index contributed by atoms with van der Waals surface area (Å²) in [6, 6.07) is 6.70. The lowest BCUT2D eigenvalue weighted by atomic mass is 10.5. The minimum atomic E-state index is -3.60. The molecule has 0 saturated carbocycles. The average molecular weight is 269 g/mol. The van der Waals surface area contributed by atoms with Gasteiger partial charge in [-0.2, -0.15) is 0 Å². The maximum Gasteiger partial charge on any atom is 0.244 e. The number of nitrogens with two attached hydrogens (primary N) is 1. The molecule has 0 bridgehead atoms. The van der Waals surface area contributed by atoms with E-state index in [1.807, 2.05) is 17.5 Å². The molecule has 0 atom stereocenters. The Morgan fingerprint density at radius 3 is 2.82 bits per heavy atom. The molecule has 17 heavy (non-hydrogen) atoms. The lowest BCUT2D eigenvalue weighted by Crippen LogP contribution is -2.24. The molecular formula is C10H11N3O2S2. The van der Waals surface area contributed by atoms with Gasteiger partial charge in [0, 0.05) is 17.6 Å². The van der Waals surface area contributed by atoms with Gasteiger partial charge in [0.2, 0.25) is 10.0 Å². The molecule has 0 radical (unpaired) electrons. The third-order valence-corrected chi connectivity index (χ3v) is 4.43. The smallest absolute Gasteiger partial charge is 0.244 e. The highest BCUT2D eigenvalue weighted by Crippen LogP contribution is 2.15. The second-order valence-electron chi connectivity index (χ2n) is 3.29. The van der Waals surface area contributed by atoms with Crippen molar-refractivity contribution in [3.8, 4) is 0 Å². The predicted octanol–water partition coefficient (Wildman–Crippen LogP) is 1.20. The van der Waals surface area contributed by atoms with Crippen molar-refractivity contribution in [2.24, 2.45) is 0 Å². The normalized spacial score (nSPS) is 11.5. The van der Waals surface area contributed by atoms with E-state index in [1.165, 1.54) is 29.7 Å². The zero-order valence-corrected chi connectivity index (χ0v) is 10.5. The van der Waals surface area contributed by atoms with Gasteiger partial charge in [-0.25, -0.2) is 18.1 Å². The summed E-state index contributed by atoms with van der Waals surface area (Å²) >= 11 is 1.49. The van der Waals surface area contributed by atoms with E-state index < -0.39 is 10.0 Å². The minimum Gasteiger partial charge on any atom is -0.383 e. The fourth-order valence-corrected chi connectivity index (χ4v) is 3.11. The van der Waals surface area contributed by atoms with Crippen LogP contribution in [0.1, 0.15) is 4.88 Å². The molecule has 5 nitrogen and oxygen atoms in total. The number of nitrogen functional groups attached to an aromatic ring is 1. The van der Waals surface area contributed by atoms with Gasteiger partial charge in [0.25, 0.3) is 0 Å². The molecule has 7 heteroatoms. The topological polar surface area (TPSA) is 85.1 Å². The van der Waals surface area contributed by atoms with Gasteiger partial charge in [-0.15, -0.1) is 11.3 Å². The Balaban J connectivity index is 2.17. The first-order chi connectivity index (χ1) is 8.09. The zero-order chi connectivity index (χ0) is 12.3. The molecule has 2 rings (SSSR count). The van der Waals surface area contributed by atoms with Crippen LogP contribution in [0.2, 0.25) is 0 Å². The Hall–Kier alpha value is -1.44. The van der Waals surface area contributed by atoms with Gasteiger partial charge in [-0.3, -0.25) is 0 Å². The van der Waals surface area contributed by atoms with E-state index in [2.05, 4.69) is 9.71 Å². The molecule has 0 unspecified atom stereocenters. The molecule has 0 saturated heterocycles. The number of thiophene rings is 1. The van der Waals surface area contributed by atoms with Crippen LogP contribution in [-0.4, -0.2) is 13.4 Å². The van der Waals surface area contributed by atoms with E-state index in [-0.39, 0.29) is 17.3 Å². The molecule has 3 N–H and O–H groups in total. The van der Waals surface area contributed by atoms with E-state index in [9.17, 15) is 8.42 Å². The Labute approximate surface area is 103 Å². The minimum absolute atomic E-state index is 0.00572. The fraction of sp³-hybridized carbons (Fsp3) is 0.100. The first kappa shape index (κ1) is 12.0. The van der Waals surface area contributed by atoms with Crippen LogP contribution in [0.25, 0.3) is 0 Å². The van der Waals surface area contributed by atoms with Crippen LogP contribution >= 0.6 is 11.3 Å². The highest BCUT2D eigenvalue weighted by atomic mass is 32.2. The molecular weight excluding hydrogens is 258 g/mol. The van der Waals surface area contributed by atoms with Crippen molar-refractivity contribution in [2.45, 2.75) is 11.4 Å². The number of nitrogens with one attached hydrogen (secondary N) is 1. The number of rotatable bonds is 4. The van der Waals surface area contributed by atoms with Crippen LogP contribution in [0.4, 0.5) is 5.82 Å². The molecule has 0 aliphatic carbocycles. The van der Waals surface area contributed by atoms with Crippen molar-refractivity contribution in [1.29, 1.82) is 0 Å². The predicted molar refractivity (Wildman–Crippen MR) is 67.0 cm³/mol. The van der Waals surface area contributed by atoms with Crippen LogP contribution < -0.4 is 10.5 Å². The van der Waals surface area contributed by atoms with Crippen molar-refractivity contribution in [3.63, 3.8) is 0 Å². The summed E-state index contributed by atoms with van der Waals surface area (Å²) in [7, 11) is -3.60. The fourth-order valence-electron chi connectivity index (χ4n) is 1.29. The molecule has 0 aliphatic heterocycles. The standard InChI is InChI=1S/C10H11N3O2S2/c11-10-9(4-1-5-12-10)17(14,15)13-7-8-3-2-6-16-8/h1-6,13H,7H2,(H2,11,12). The Morgan fingerprint density at radius 2 is 2.18 bits per heavy atom. The molecule has 2 aromatic heterocycles. The molecule has 0 fully saturated rings. The van der Waals surface area contributed by atoms with Crippen LogP contribution in [-0.2, 0) is 16.6 Å². The van der Waals surface area contributed by atoms with E-state index in [1.54, 1.807) is 0 Å². The van der Waals surface area contributed by atoms with Crippen molar-refractivity contribution in [2.75, 3.05) is 5.73 Å². The lowest BCUT2D eigenvalue weighted by molar-refractivity contribution is 0.582.